The van der Waals surface area contributed by atoms with Gasteiger partial charge in [0.2, 0.25) is 0 Å². The highest BCUT2D eigenvalue weighted by atomic mass is 16.5. The lowest BCUT2D eigenvalue weighted by atomic mass is 10.0. The fourth-order valence-electron chi connectivity index (χ4n) is 2.14. The average molecular weight is 247 g/mol. The number of ether oxygens (including phenoxy) is 1. The minimum atomic E-state index is -0.963. The van der Waals surface area contributed by atoms with Gasteiger partial charge in [-0.2, -0.15) is 5.10 Å². The molecule has 6 heteroatoms. The van der Waals surface area contributed by atoms with Gasteiger partial charge in [-0.3, -0.25) is 0 Å². The third-order valence-electron chi connectivity index (χ3n) is 3.12. The van der Waals surface area contributed by atoms with Crippen molar-refractivity contribution in [1.82, 2.24) is 14.6 Å². The average Bonchev–Trinajstić information content (AvgIpc) is 2.82. The standard InChI is InChI=1S/C12H13N3O3/c16-12(17)8-3-4-10-13-11(14-15(10)6-8)9-2-1-5-18-7-9/h3-4,6,9H,1-2,5,7H2,(H,16,17). The van der Waals surface area contributed by atoms with Gasteiger partial charge in [0.05, 0.1) is 12.2 Å². The summed E-state index contributed by atoms with van der Waals surface area (Å²) in [4.78, 5) is 15.3. The van der Waals surface area contributed by atoms with E-state index in [4.69, 9.17) is 9.84 Å². The van der Waals surface area contributed by atoms with Crippen molar-refractivity contribution in [3.63, 3.8) is 0 Å². The van der Waals surface area contributed by atoms with Crippen molar-refractivity contribution in [1.29, 1.82) is 0 Å². The third kappa shape index (κ3) is 1.95. The Bertz CT molecular complexity index is 587. The minimum Gasteiger partial charge on any atom is -0.478 e. The molecule has 6 nitrogen and oxygen atoms in total. The van der Waals surface area contributed by atoms with Crippen LogP contribution in [0, 0.1) is 0 Å². The van der Waals surface area contributed by atoms with Crippen LogP contribution in [-0.4, -0.2) is 38.9 Å². The maximum atomic E-state index is 10.9. The van der Waals surface area contributed by atoms with Crippen LogP contribution in [-0.2, 0) is 4.74 Å². The Morgan fingerprint density at radius 3 is 3.11 bits per heavy atom. The van der Waals surface area contributed by atoms with Gasteiger partial charge >= 0.3 is 5.97 Å². The summed E-state index contributed by atoms with van der Waals surface area (Å²) in [6.45, 7) is 1.44. The third-order valence-corrected chi connectivity index (χ3v) is 3.12. The fourth-order valence-corrected chi connectivity index (χ4v) is 2.14. The smallest absolute Gasteiger partial charge is 0.337 e. The number of hydrogen-bond acceptors (Lipinski definition) is 4. The summed E-state index contributed by atoms with van der Waals surface area (Å²) in [5.41, 5.74) is 0.874. The molecule has 94 valence electrons. The Balaban J connectivity index is 1.97. The molecule has 1 fully saturated rings. The zero-order valence-corrected chi connectivity index (χ0v) is 9.74. The monoisotopic (exact) mass is 247 g/mol. The zero-order chi connectivity index (χ0) is 12.5. The van der Waals surface area contributed by atoms with Crippen molar-refractivity contribution in [3.8, 4) is 0 Å². The lowest BCUT2D eigenvalue weighted by Gasteiger charge is -2.18. The number of fused-ring (bicyclic) bond motifs is 1. The first-order valence-electron chi connectivity index (χ1n) is 5.91. The highest BCUT2D eigenvalue weighted by molar-refractivity contribution is 5.87. The van der Waals surface area contributed by atoms with Crippen molar-refractivity contribution < 1.29 is 14.6 Å². The van der Waals surface area contributed by atoms with Crippen LogP contribution < -0.4 is 0 Å². The number of hydrogen-bond donors (Lipinski definition) is 1. The summed E-state index contributed by atoms with van der Waals surface area (Å²) in [7, 11) is 0. The van der Waals surface area contributed by atoms with E-state index < -0.39 is 5.97 Å². The van der Waals surface area contributed by atoms with Gasteiger partial charge in [-0.05, 0) is 25.0 Å². The van der Waals surface area contributed by atoms with E-state index in [1.54, 1.807) is 6.07 Å². The SMILES string of the molecule is O=C(O)c1ccc2nc(C3CCCOC3)nn2c1. The molecular weight excluding hydrogens is 234 g/mol. The van der Waals surface area contributed by atoms with E-state index in [-0.39, 0.29) is 11.5 Å². The van der Waals surface area contributed by atoms with E-state index in [0.717, 1.165) is 25.3 Å². The second-order valence-electron chi connectivity index (χ2n) is 4.41. The van der Waals surface area contributed by atoms with Gasteiger partial charge in [0.25, 0.3) is 0 Å². The molecule has 0 radical (unpaired) electrons. The molecule has 1 aliphatic heterocycles. The van der Waals surface area contributed by atoms with Crippen LogP contribution in [0.25, 0.3) is 5.65 Å². The number of aromatic carboxylic acids is 1. The second kappa shape index (κ2) is 4.38. The van der Waals surface area contributed by atoms with Crippen LogP contribution >= 0.6 is 0 Å². The molecule has 0 aliphatic carbocycles. The molecule has 2 aromatic heterocycles. The predicted molar refractivity (Wildman–Crippen MR) is 62.7 cm³/mol. The van der Waals surface area contributed by atoms with Crippen molar-refractivity contribution in [2.24, 2.45) is 0 Å². The molecule has 1 aliphatic rings. The molecule has 3 rings (SSSR count). The summed E-state index contributed by atoms with van der Waals surface area (Å²) in [6, 6.07) is 3.21. The molecule has 1 saturated heterocycles. The first kappa shape index (κ1) is 11.2. The molecule has 0 aromatic carbocycles. The van der Waals surface area contributed by atoms with Crippen molar-refractivity contribution in [2.75, 3.05) is 13.2 Å². The van der Waals surface area contributed by atoms with Crippen molar-refractivity contribution in [3.05, 3.63) is 29.7 Å². The largest absolute Gasteiger partial charge is 0.478 e. The van der Waals surface area contributed by atoms with E-state index >= 15 is 0 Å². The highest BCUT2D eigenvalue weighted by Crippen LogP contribution is 2.23. The summed E-state index contributed by atoms with van der Waals surface area (Å²) in [5.74, 6) is -0.0147. The second-order valence-corrected chi connectivity index (χ2v) is 4.41. The molecule has 3 heterocycles. The van der Waals surface area contributed by atoms with E-state index in [1.165, 1.54) is 16.8 Å². The Kier molecular flexibility index (Phi) is 2.71. The van der Waals surface area contributed by atoms with Gasteiger partial charge in [0, 0.05) is 18.7 Å². The van der Waals surface area contributed by atoms with Gasteiger partial charge in [0.1, 0.15) is 0 Å². The normalized spacial score (nSPS) is 20.1. The molecule has 0 amide bonds. The Hall–Kier alpha value is -1.95. The molecule has 2 aromatic rings. The van der Waals surface area contributed by atoms with Crippen LogP contribution in [0.1, 0.15) is 34.9 Å². The molecule has 18 heavy (non-hydrogen) atoms. The molecular formula is C12H13N3O3. The number of rotatable bonds is 2. The summed E-state index contributed by atoms with van der Waals surface area (Å²) in [6.07, 6.45) is 3.51. The summed E-state index contributed by atoms with van der Waals surface area (Å²) in [5, 5.41) is 13.3. The lowest BCUT2D eigenvalue weighted by Crippen LogP contribution is -2.16. The first-order chi connectivity index (χ1) is 8.74. The molecule has 1 N–H and O–H groups in total. The van der Waals surface area contributed by atoms with E-state index in [1.807, 2.05) is 0 Å². The quantitative estimate of drug-likeness (QED) is 0.866. The molecule has 0 spiro atoms. The predicted octanol–water partition coefficient (Wildman–Crippen LogP) is 1.32. The van der Waals surface area contributed by atoms with E-state index in [0.29, 0.717) is 12.3 Å². The number of aromatic nitrogens is 3. The highest BCUT2D eigenvalue weighted by Gasteiger charge is 2.20. The van der Waals surface area contributed by atoms with Crippen LogP contribution in [0.3, 0.4) is 0 Å². The minimum absolute atomic E-state index is 0.207. The van der Waals surface area contributed by atoms with Crippen LogP contribution in [0.15, 0.2) is 18.3 Å². The van der Waals surface area contributed by atoms with Crippen LogP contribution in [0.2, 0.25) is 0 Å². The first-order valence-corrected chi connectivity index (χ1v) is 5.91. The maximum absolute atomic E-state index is 10.9. The van der Waals surface area contributed by atoms with Gasteiger partial charge in [-0.15, -0.1) is 0 Å². The van der Waals surface area contributed by atoms with E-state index in [2.05, 4.69) is 10.1 Å². The fraction of sp³-hybridized carbons (Fsp3) is 0.417. The zero-order valence-electron chi connectivity index (χ0n) is 9.74. The summed E-state index contributed by atoms with van der Waals surface area (Å²) < 4.78 is 6.93. The maximum Gasteiger partial charge on any atom is 0.337 e. The summed E-state index contributed by atoms with van der Waals surface area (Å²) >= 11 is 0. The topological polar surface area (TPSA) is 76.7 Å². The van der Waals surface area contributed by atoms with Crippen molar-refractivity contribution in [2.45, 2.75) is 18.8 Å². The molecule has 0 saturated carbocycles. The Labute approximate surface area is 103 Å². The lowest BCUT2D eigenvalue weighted by molar-refractivity contribution is 0.0696. The van der Waals surface area contributed by atoms with Gasteiger partial charge in [-0.1, -0.05) is 0 Å². The number of pyridine rings is 1. The van der Waals surface area contributed by atoms with Gasteiger partial charge in [0.15, 0.2) is 11.5 Å². The number of nitrogens with zero attached hydrogens (tertiary/aromatic N) is 3. The van der Waals surface area contributed by atoms with E-state index in [9.17, 15) is 4.79 Å². The number of carbonyl (C=O) groups is 1. The molecule has 1 unspecified atom stereocenters. The van der Waals surface area contributed by atoms with Gasteiger partial charge < -0.3 is 9.84 Å². The number of carboxylic acid groups (broad SMARTS) is 1. The van der Waals surface area contributed by atoms with Crippen LogP contribution in [0.4, 0.5) is 0 Å². The molecule has 0 bridgehead atoms. The van der Waals surface area contributed by atoms with Gasteiger partial charge in [-0.25, -0.2) is 14.3 Å². The Morgan fingerprint density at radius 1 is 1.50 bits per heavy atom. The van der Waals surface area contributed by atoms with Crippen LogP contribution in [0.5, 0.6) is 0 Å². The number of carboxylic acids is 1. The van der Waals surface area contributed by atoms with Crippen molar-refractivity contribution >= 4 is 11.6 Å². The Morgan fingerprint density at radius 2 is 2.39 bits per heavy atom. The molecule has 1 atom stereocenters.